The van der Waals surface area contributed by atoms with Gasteiger partial charge in [-0.2, -0.15) is 47.9 Å². The van der Waals surface area contributed by atoms with Gasteiger partial charge in [0.2, 0.25) is 49.5 Å². The molecule has 2 fully saturated rings. The normalized spacial score (nSPS) is 17.4. The molecule has 28 nitrogen and oxygen atoms in total. The Bertz CT molecular complexity index is 6600. The van der Waals surface area contributed by atoms with Crippen molar-refractivity contribution >= 4 is 111 Å². The van der Waals surface area contributed by atoms with E-state index in [9.17, 15) is 79.9 Å². The maximum atomic E-state index is 15.5. The first-order valence-electron chi connectivity index (χ1n) is 36.2. The minimum absolute atomic E-state index is 0.00114. The first kappa shape index (κ1) is 83.5. The van der Waals surface area contributed by atoms with E-state index < -0.39 is 200 Å². The molecule has 4 N–H and O–H groups in total. The molecule has 4 aromatic carbocycles. The second-order valence-corrected chi connectivity index (χ2v) is 33.5. The number of nitrogens with one attached hydrogen (secondary N) is 4. The fraction of sp³-hybridized carbons (Fsp3) is 0.351. The first-order chi connectivity index (χ1) is 56.4. The summed E-state index contributed by atoms with van der Waals surface area (Å²) >= 11 is 13.1. The van der Waals surface area contributed by atoms with E-state index in [0.717, 1.165) is 45.9 Å². The van der Waals surface area contributed by atoms with Crippen LogP contribution in [-0.4, -0.2) is 128 Å². The number of sulfonamides is 2. The summed E-state index contributed by atoms with van der Waals surface area (Å²) in [5.74, 6) is -22.0. The number of alkyl halides is 10. The Balaban J connectivity index is 0.000000187. The van der Waals surface area contributed by atoms with E-state index in [1.54, 1.807) is 6.92 Å². The van der Waals surface area contributed by atoms with Gasteiger partial charge in [0.25, 0.3) is 35.8 Å². The number of benzene rings is 4. The van der Waals surface area contributed by atoms with Gasteiger partial charge in [0, 0.05) is 80.6 Å². The zero-order chi connectivity index (χ0) is 86.4. The van der Waals surface area contributed by atoms with Crippen LogP contribution in [0, 0.1) is 35.1 Å². The van der Waals surface area contributed by atoms with Crippen LogP contribution < -0.4 is 40.7 Å². The minimum Gasteiger partial charge on any atom is -0.478 e. The summed E-state index contributed by atoms with van der Waals surface area (Å²) in [6.07, 6.45) is -6.49. The van der Waals surface area contributed by atoms with E-state index in [1.165, 1.54) is 72.0 Å². The number of halogens is 16. The average molecular weight is 1760 g/mol. The van der Waals surface area contributed by atoms with E-state index in [-0.39, 0.29) is 136 Å². The number of pyridine rings is 2. The average Bonchev–Trinajstić information content (AvgIpc) is 1.52. The SMILES string of the molecule is CCOc1ccc2c(=O)n(-c3ccc(Cl)c4c(NS(C)(=O)=O)nn(C)c34)c([C@H](Cc3cc(F)cc(F)c3)NC(=O)Cn3nc(C(F)F)c4c3C(F)(F)[C@@H]3C[C@H]43)nc2n1.Cn1nc(NS(C)(=O)=O)c2c(Cl)ccc(-n3c([C@H](Cc4cc(F)cc(F)c4)NC(=O)Cn4nc(C(F)F)c5c4C(F)(F)[C@@H]4C[C@H]54)nc4nc(OCCC(C)(F)F)ccc4c3=O)c21. The molecule has 8 heterocycles. The maximum absolute atomic E-state index is 15.5. The number of amides is 2. The van der Waals surface area contributed by atoms with E-state index >= 15 is 17.6 Å². The second kappa shape index (κ2) is 30.6. The summed E-state index contributed by atoms with van der Waals surface area (Å²) in [6.45, 7) is 0.00785. The van der Waals surface area contributed by atoms with E-state index in [1.807, 2.05) is 0 Å². The smallest absolute Gasteiger partial charge is 0.293 e. The minimum atomic E-state index is -3.96. The number of fused-ring (bicyclic) bond motifs is 10. The topological polar surface area (TPSA) is 336 Å². The maximum Gasteiger partial charge on any atom is 0.293 e. The van der Waals surface area contributed by atoms with Gasteiger partial charge in [0.05, 0.1) is 91.8 Å². The number of hydrogen-bond acceptors (Lipinski definition) is 18. The molecule has 632 valence electrons. The third kappa shape index (κ3) is 15.9. The van der Waals surface area contributed by atoms with Gasteiger partial charge in [0.1, 0.15) is 70.8 Å². The number of rotatable bonds is 26. The molecule has 4 aliphatic rings. The van der Waals surface area contributed by atoms with Gasteiger partial charge in [0.15, 0.2) is 22.9 Å². The molecule has 0 bridgehead atoms. The van der Waals surface area contributed by atoms with Crippen molar-refractivity contribution in [1.82, 2.24) is 78.8 Å². The zero-order valence-electron chi connectivity index (χ0n) is 62.8. The van der Waals surface area contributed by atoms with Gasteiger partial charge < -0.3 is 20.1 Å². The molecule has 6 atom stereocenters. The molecule has 0 aliphatic heterocycles. The van der Waals surface area contributed by atoms with Crippen LogP contribution in [0.5, 0.6) is 11.8 Å². The molecule has 16 rings (SSSR count). The molecule has 12 aromatic rings. The zero-order valence-corrected chi connectivity index (χ0v) is 65.9. The van der Waals surface area contributed by atoms with Gasteiger partial charge >= 0.3 is 0 Å². The van der Waals surface area contributed by atoms with Gasteiger partial charge in [-0.1, -0.05) is 23.2 Å². The number of anilines is 2. The fourth-order valence-electron chi connectivity index (χ4n) is 15.5. The molecule has 0 unspecified atom stereocenters. The molecular formula is C74H62Cl2F14N18O10S2. The Labute approximate surface area is 676 Å². The number of hydrogen-bond donors (Lipinski definition) is 4. The highest BCUT2D eigenvalue weighted by molar-refractivity contribution is 7.92. The third-order valence-corrected chi connectivity index (χ3v) is 22.1. The summed E-state index contributed by atoms with van der Waals surface area (Å²) in [4.78, 5) is 75.3. The molecule has 46 heteroatoms. The summed E-state index contributed by atoms with van der Waals surface area (Å²) in [7, 11) is -5.02. The van der Waals surface area contributed by atoms with Gasteiger partial charge in [-0.25, -0.2) is 70.7 Å². The van der Waals surface area contributed by atoms with E-state index in [0.29, 0.717) is 28.4 Å². The van der Waals surface area contributed by atoms with Gasteiger partial charge in [-0.05, 0) is 110 Å². The van der Waals surface area contributed by atoms with Crippen LogP contribution >= 0.6 is 23.2 Å². The van der Waals surface area contributed by atoms with E-state index in [4.69, 9.17) is 32.7 Å². The highest BCUT2D eigenvalue weighted by atomic mass is 35.5. The number of aromatic nitrogens is 14. The largest absolute Gasteiger partial charge is 0.478 e. The van der Waals surface area contributed by atoms with Crippen LogP contribution in [0.15, 0.2) is 94.5 Å². The van der Waals surface area contributed by atoms with Crippen molar-refractivity contribution in [3.05, 3.63) is 196 Å². The van der Waals surface area contributed by atoms with Crippen LogP contribution in [-0.2, 0) is 81.5 Å². The summed E-state index contributed by atoms with van der Waals surface area (Å²) in [5, 5.41) is 20.8. The first-order valence-corrected chi connectivity index (χ1v) is 40.7. The van der Waals surface area contributed by atoms with Crippen LogP contribution in [0.3, 0.4) is 0 Å². The van der Waals surface area contributed by atoms with Crippen molar-refractivity contribution in [2.45, 2.75) is 114 Å². The standard InChI is InChI=1S/C38H32ClF8N9O5S.C36H30ClF6N9O5S/c1-37(44,45)8-9-61-26-7-4-19-33(49-26)50-35(56(36(19)58)24-6-5-22(39)28-30(24)54(2)52-34(28)53-62(3,59)60)23(12-16-10-17(40)13-18(41)11-16)48-25(57)15-55-31-27(29(51-55)32(42)43)20-14-21(20)38(31,46)47;1-4-57-25-8-5-18-32(45-25)46-34(52(35(18)54)23-7-6-21(37)27-29(23)50(2)48-33(27)49-58(3,55)56)22(11-15-9-16(38)12-17(39)10-15)44-24(53)14-51-30-26(28(47-51)31(40)41)19-13-20(19)36(30,42)43/h4-7,10-11,13,20-21,23,32H,8-9,12,14-15H2,1-3H3,(H,48,57)(H,52,53);5-10,12,19-20,22,31H,4,11,13-14H2,1-3H3,(H,44,53)(H,48,49)/t20-,21+,23-;19-,20+,22-/m00/s1. The molecule has 0 radical (unpaired) electrons. The third-order valence-electron chi connectivity index (χ3n) is 20.4. The molecule has 120 heavy (non-hydrogen) atoms. The Hall–Kier alpha value is -11.5. The van der Waals surface area contributed by atoms with Crippen molar-refractivity contribution in [1.29, 1.82) is 0 Å². The highest BCUT2D eigenvalue weighted by Crippen LogP contribution is 2.69. The number of carbonyl (C=O) groups is 2. The number of ether oxygens (including phenoxy) is 2. The molecule has 2 saturated carbocycles. The number of nitrogens with zero attached hydrogens (tertiary/aromatic N) is 14. The Morgan fingerprint density at radius 2 is 0.958 bits per heavy atom. The van der Waals surface area contributed by atoms with Gasteiger partial charge in [-0.15, -0.1) is 0 Å². The van der Waals surface area contributed by atoms with Crippen LogP contribution in [0.1, 0.15) is 127 Å². The monoisotopic (exact) mass is 1760 g/mol. The van der Waals surface area contributed by atoms with Crippen molar-refractivity contribution in [2.75, 3.05) is 35.2 Å². The molecule has 0 saturated heterocycles. The van der Waals surface area contributed by atoms with Crippen molar-refractivity contribution in [2.24, 2.45) is 25.9 Å². The molecular weight excluding hydrogens is 1700 g/mol. The van der Waals surface area contributed by atoms with Crippen molar-refractivity contribution in [3.8, 4) is 23.1 Å². The lowest BCUT2D eigenvalue weighted by molar-refractivity contribution is -0.123. The number of carbonyl (C=O) groups excluding carboxylic acids is 2. The Morgan fingerprint density at radius 3 is 1.32 bits per heavy atom. The van der Waals surface area contributed by atoms with Crippen molar-refractivity contribution in [3.63, 3.8) is 0 Å². The summed E-state index contributed by atoms with van der Waals surface area (Å²) < 4.78 is 274. The summed E-state index contributed by atoms with van der Waals surface area (Å²) in [5.41, 5.74) is -6.43. The predicted octanol–water partition coefficient (Wildman–Crippen LogP) is 12.7. The molecule has 2 amide bonds. The lowest BCUT2D eigenvalue weighted by atomic mass is 10.0. The number of aryl methyl sites for hydroxylation is 2. The Kier molecular flexibility index (Phi) is 21.3. The van der Waals surface area contributed by atoms with Crippen LogP contribution in [0.4, 0.5) is 73.1 Å². The molecule has 8 aromatic heterocycles. The quantitative estimate of drug-likeness (QED) is 0.0366. The lowest BCUT2D eigenvalue weighted by Crippen LogP contribution is -2.38. The summed E-state index contributed by atoms with van der Waals surface area (Å²) in [6, 6.07) is 12.3. The predicted molar refractivity (Wildman–Crippen MR) is 403 cm³/mol. The molecule has 0 spiro atoms. The Morgan fingerprint density at radius 1 is 0.575 bits per heavy atom. The van der Waals surface area contributed by atoms with Crippen LogP contribution in [0.2, 0.25) is 10.0 Å². The van der Waals surface area contributed by atoms with E-state index in [2.05, 4.69) is 60.4 Å². The fourth-order valence-corrected chi connectivity index (χ4v) is 17.0. The second-order valence-electron chi connectivity index (χ2n) is 29.2. The highest BCUT2D eigenvalue weighted by Gasteiger charge is 2.68. The van der Waals surface area contributed by atoms with Gasteiger partial charge in [-0.3, -0.25) is 56.5 Å². The molecule has 4 aliphatic carbocycles. The van der Waals surface area contributed by atoms with Crippen LogP contribution in [0.25, 0.3) is 55.2 Å². The van der Waals surface area contributed by atoms with Crippen molar-refractivity contribution < 1.29 is 97.4 Å². The lowest BCUT2D eigenvalue weighted by Gasteiger charge is -2.24.